The van der Waals surface area contributed by atoms with Crippen molar-refractivity contribution in [1.82, 2.24) is 0 Å². The zero-order valence-corrected chi connectivity index (χ0v) is 9.28. The first kappa shape index (κ1) is 12.3. The Balaban J connectivity index is 1.99. The molecule has 1 fully saturated rings. The van der Waals surface area contributed by atoms with Gasteiger partial charge in [0.2, 0.25) is 0 Å². The monoisotopic (exact) mass is 218 g/mol. The van der Waals surface area contributed by atoms with Crippen LogP contribution in [0.4, 0.5) is 4.79 Å². The highest BCUT2D eigenvalue weighted by Crippen LogP contribution is 2.31. The minimum atomic E-state index is -0.671. The number of hydrogen-bond acceptors (Lipinski definition) is 5. The summed E-state index contributed by atoms with van der Waals surface area (Å²) in [5, 5.41) is 0. The molecular formula is C10H18O5. The molecular weight excluding hydrogens is 200 g/mol. The van der Waals surface area contributed by atoms with Crippen molar-refractivity contribution < 1.29 is 23.7 Å². The van der Waals surface area contributed by atoms with Crippen LogP contribution in [-0.4, -0.2) is 46.3 Å². The smallest absolute Gasteiger partial charge is 0.438 e. The minimum absolute atomic E-state index is 0.186. The Bertz CT molecular complexity index is 194. The SMILES string of the molecule is CCC1(COCCOC(=O)OC)COC1. The Kier molecular flexibility index (Phi) is 4.84. The number of hydrogen-bond donors (Lipinski definition) is 0. The van der Waals surface area contributed by atoms with Crippen LogP contribution in [-0.2, 0) is 18.9 Å². The van der Waals surface area contributed by atoms with Gasteiger partial charge in [0.15, 0.2) is 0 Å². The van der Waals surface area contributed by atoms with Gasteiger partial charge in [-0.3, -0.25) is 0 Å². The lowest BCUT2D eigenvalue weighted by Gasteiger charge is -2.40. The van der Waals surface area contributed by atoms with Crippen LogP contribution >= 0.6 is 0 Å². The van der Waals surface area contributed by atoms with Gasteiger partial charge in [0.25, 0.3) is 0 Å². The molecule has 0 aromatic carbocycles. The second-order valence-corrected chi connectivity index (χ2v) is 3.70. The van der Waals surface area contributed by atoms with Crippen molar-refractivity contribution in [1.29, 1.82) is 0 Å². The average Bonchev–Trinajstić information content (AvgIpc) is 2.20. The van der Waals surface area contributed by atoms with Crippen molar-refractivity contribution in [3.05, 3.63) is 0 Å². The molecule has 0 atom stereocenters. The maximum atomic E-state index is 10.6. The summed E-state index contributed by atoms with van der Waals surface area (Å²) >= 11 is 0. The molecule has 1 rings (SSSR count). The van der Waals surface area contributed by atoms with Crippen LogP contribution < -0.4 is 0 Å². The molecule has 0 radical (unpaired) electrons. The zero-order chi connectivity index (χ0) is 11.1. The number of methoxy groups -OCH3 is 1. The third-order valence-corrected chi connectivity index (χ3v) is 2.59. The van der Waals surface area contributed by atoms with Crippen molar-refractivity contribution >= 4 is 6.16 Å². The number of carbonyl (C=O) groups is 1. The summed E-state index contributed by atoms with van der Waals surface area (Å²) in [6, 6.07) is 0. The summed E-state index contributed by atoms with van der Waals surface area (Å²) in [5.74, 6) is 0. The summed E-state index contributed by atoms with van der Waals surface area (Å²) in [7, 11) is 1.28. The summed E-state index contributed by atoms with van der Waals surface area (Å²) in [4.78, 5) is 10.6. The lowest BCUT2D eigenvalue weighted by atomic mass is 9.84. The largest absolute Gasteiger partial charge is 0.508 e. The molecule has 1 aliphatic heterocycles. The molecule has 0 N–H and O–H groups in total. The lowest BCUT2D eigenvalue weighted by molar-refractivity contribution is -0.152. The number of rotatable bonds is 6. The van der Waals surface area contributed by atoms with E-state index in [2.05, 4.69) is 16.4 Å². The second-order valence-electron chi connectivity index (χ2n) is 3.70. The van der Waals surface area contributed by atoms with E-state index >= 15 is 0 Å². The molecule has 1 aliphatic rings. The van der Waals surface area contributed by atoms with Crippen molar-refractivity contribution in [3.8, 4) is 0 Å². The van der Waals surface area contributed by atoms with E-state index in [-0.39, 0.29) is 12.0 Å². The summed E-state index contributed by atoms with van der Waals surface area (Å²) in [5.41, 5.74) is 0.186. The molecule has 1 saturated heterocycles. The Morgan fingerprint density at radius 3 is 2.60 bits per heavy atom. The Hall–Kier alpha value is -0.810. The van der Waals surface area contributed by atoms with E-state index in [1.54, 1.807) is 0 Å². The van der Waals surface area contributed by atoms with Gasteiger partial charge in [-0.15, -0.1) is 0 Å². The average molecular weight is 218 g/mol. The molecule has 5 nitrogen and oxygen atoms in total. The van der Waals surface area contributed by atoms with E-state index in [0.29, 0.717) is 13.2 Å². The highest BCUT2D eigenvalue weighted by atomic mass is 16.7. The molecule has 5 heteroatoms. The minimum Gasteiger partial charge on any atom is -0.438 e. The third kappa shape index (κ3) is 3.68. The molecule has 15 heavy (non-hydrogen) atoms. The molecule has 0 aromatic rings. The normalized spacial score (nSPS) is 18.0. The van der Waals surface area contributed by atoms with E-state index < -0.39 is 6.16 Å². The number of ether oxygens (including phenoxy) is 4. The molecule has 0 saturated carbocycles. The van der Waals surface area contributed by atoms with Gasteiger partial charge >= 0.3 is 6.16 Å². The topological polar surface area (TPSA) is 54.0 Å². The molecule has 0 bridgehead atoms. The van der Waals surface area contributed by atoms with Crippen molar-refractivity contribution in [2.45, 2.75) is 13.3 Å². The predicted molar refractivity (Wildman–Crippen MR) is 52.7 cm³/mol. The van der Waals surface area contributed by atoms with Crippen LogP contribution in [0.2, 0.25) is 0 Å². The molecule has 0 aliphatic carbocycles. The summed E-state index contributed by atoms with van der Waals surface area (Å²) in [6.07, 6.45) is 0.376. The Morgan fingerprint density at radius 1 is 1.40 bits per heavy atom. The fourth-order valence-electron chi connectivity index (χ4n) is 1.31. The fourth-order valence-corrected chi connectivity index (χ4v) is 1.31. The van der Waals surface area contributed by atoms with Crippen LogP contribution in [0, 0.1) is 5.41 Å². The highest BCUT2D eigenvalue weighted by molar-refractivity contribution is 5.59. The Morgan fingerprint density at radius 2 is 2.13 bits per heavy atom. The van der Waals surface area contributed by atoms with E-state index in [1.807, 2.05) is 0 Å². The van der Waals surface area contributed by atoms with E-state index in [1.165, 1.54) is 7.11 Å². The van der Waals surface area contributed by atoms with E-state index in [9.17, 15) is 4.79 Å². The van der Waals surface area contributed by atoms with Gasteiger partial charge in [0, 0.05) is 5.41 Å². The first-order valence-corrected chi connectivity index (χ1v) is 5.09. The van der Waals surface area contributed by atoms with Crippen LogP contribution in [0.5, 0.6) is 0 Å². The maximum Gasteiger partial charge on any atom is 0.508 e. The van der Waals surface area contributed by atoms with Gasteiger partial charge in [0.05, 0.1) is 33.5 Å². The quantitative estimate of drug-likeness (QED) is 0.495. The first-order valence-electron chi connectivity index (χ1n) is 5.09. The lowest BCUT2D eigenvalue weighted by Crippen LogP contribution is -2.45. The van der Waals surface area contributed by atoms with Gasteiger partial charge in [0.1, 0.15) is 6.61 Å². The van der Waals surface area contributed by atoms with Crippen LogP contribution in [0.3, 0.4) is 0 Å². The van der Waals surface area contributed by atoms with Crippen LogP contribution in [0.15, 0.2) is 0 Å². The van der Waals surface area contributed by atoms with Crippen molar-refractivity contribution in [3.63, 3.8) is 0 Å². The Labute approximate surface area is 89.6 Å². The molecule has 0 unspecified atom stereocenters. The van der Waals surface area contributed by atoms with Gasteiger partial charge < -0.3 is 18.9 Å². The van der Waals surface area contributed by atoms with E-state index in [4.69, 9.17) is 9.47 Å². The standard InChI is InChI=1S/C10H18O5/c1-3-10(7-14-8-10)6-13-4-5-15-9(11)12-2/h3-8H2,1-2H3. The van der Waals surface area contributed by atoms with Crippen LogP contribution in [0.25, 0.3) is 0 Å². The number of carbonyl (C=O) groups excluding carboxylic acids is 1. The molecule has 1 heterocycles. The van der Waals surface area contributed by atoms with Gasteiger partial charge in [-0.05, 0) is 6.42 Å². The van der Waals surface area contributed by atoms with Gasteiger partial charge in [-0.1, -0.05) is 6.92 Å². The fraction of sp³-hybridized carbons (Fsp3) is 0.900. The molecule has 0 spiro atoms. The van der Waals surface area contributed by atoms with Gasteiger partial charge in [-0.2, -0.15) is 0 Å². The van der Waals surface area contributed by atoms with Crippen molar-refractivity contribution in [2.75, 3.05) is 40.1 Å². The first-order chi connectivity index (χ1) is 7.22. The maximum absolute atomic E-state index is 10.6. The summed E-state index contributed by atoms with van der Waals surface area (Å²) in [6.45, 7) is 4.94. The predicted octanol–water partition coefficient (Wildman–Crippen LogP) is 1.21. The molecule has 0 amide bonds. The molecule has 0 aromatic heterocycles. The summed E-state index contributed by atoms with van der Waals surface area (Å²) < 4.78 is 19.6. The highest BCUT2D eigenvalue weighted by Gasteiger charge is 2.36. The zero-order valence-electron chi connectivity index (χ0n) is 9.28. The van der Waals surface area contributed by atoms with E-state index in [0.717, 1.165) is 19.6 Å². The second kappa shape index (κ2) is 5.92. The molecule has 88 valence electrons. The van der Waals surface area contributed by atoms with Crippen LogP contribution in [0.1, 0.15) is 13.3 Å². The third-order valence-electron chi connectivity index (χ3n) is 2.59. The van der Waals surface area contributed by atoms with Crippen molar-refractivity contribution in [2.24, 2.45) is 5.41 Å². The van der Waals surface area contributed by atoms with Gasteiger partial charge in [-0.25, -0.2) is 4.79 Å².